The van der Waals surface area contributed by atoms with Crippen LogP contribution in [0.2, 0.25) is 0 Å². The molecule has 44 heavy (non-hydrogen) atoms. The maximum Gasteiger partial charge on any atom is 0.229 e. The number of phenols is 3. The lowest BCUT2D eigenvalue weighted by Gasteiger charge is -2.40. The topological polar surface area (TPSA) is 290 Å². The van der Waals surface area contributed by atoms with Crippen molar-refractivity contribution in [1.29, 1.82) is 0 Å². The number of rotatable bonds is 7. The third-order valence-corrected chi connectivity index (χ3v) is 7.30. The van der Waals surface area contributed by atoms with Crippen molar-refractivity contribution in [2.45, 2.75) is 61.4 Å². The number of ether oxygens (including phenoxy) is 4. The van der Waals surface area contributed by atoms with Crippen LogP contribution >= 0.6 is 0 Å². The van der Waals surface area contributed by atoms with Crippen molar-refractivity contribution >= 4 is 11.0 Å². The van der Waals surface area contributed by atoms with Crippen LogP contribution in [0.1, 0.15) is 0 Å². The van der Waals surface area contributed by atoms with E-state index in [-0.39, 0.29) is 22.3 Å². The Labute approximate surface area is 246 Å². The fraction of sp³-hybridized carbons (Fsp3) is 0.444. The van der Waals surface area contributed by atoms with Gasteiger partial charge >= 0.3 is 0 Å². The third-order valence-electron chi connectivity index (χ3n) is 7.30. The summed E-state index contributed by atoms with van der Waals surface area (Å²) in [5.74, 6) is -3.21. The van der Waals surface area contributed by atoms with E-state index in [0.29, 0.717) is 0 Å². The lowest BCUT2D eigenvalue weighted by molar-refractivity contribution is -0.279. The van der Waals surface area contributed by atoms with Gasteiger partial charge in [0.1, 0.15) is 77.1 Å². The first-order valence-electron chi connectivity index (χ1n) is 13.2. The van der Waals surface area contributed by atoms with Crippen LogP contribution in [0.3, 0.4) is 0 Å². The van der Waals surface area contributed by atoms with E-state index in [4.69, 9.17) is 23.4 Å². The van der Waals surface area contributed by atoms with Crippen molar-refractivity contribution in [3.05, 3.63) is 40.6 Å². The molecular weight excluding hydrogens is 596 g/mol. The van der Waals surface area contributed by atoms with E-state index >= 15 is 0 Å². The number of hydrogen-bond donors (Lipinski definition) is 11. The number of aromatic hydroxyl groups is 3. The molecule has 2 saturated heterocycles. The standard InChI is InChI=1S/C27H30O17/c28-6-16-20(34)22(36)24(38)26(43-16)41-14-1-8(12-5-11(32)18-10(31)3-9(30)4-13(18)40-12)2-15(19(14)33)42-27-25(39)23(37)21(35)17(7-29)44-27/h1-5,16-17,20-31,33-39H,6-7H2/t16-,17-,20-,21-,22+,23+,24-,25-,26-,27-/m1/s1. The van der Waals surface area contributed by atoms with Gasteiger partial charge in [0.05, 0.1) is 13.2 Å². The molecular formula is C27H30O17. The summed E-state index contributed by atoms with van der Waals surface area (Å²) in [6.07, 6.45) is -17.3. The molecule has 2 aromatic carbocycles. The van der Waals surface area contributed by atoms with E-state index in [9.17, 15) is 61.0 Å². The van der Waals surface area contributed by atoms with Gasteiger partial charge in [0.2, 0.25) is 18.3 Å². The molecule has 17 heteroatoms. The highest BCUT2D eigenvalue weighted by Crippen LogP contribution is 2.44. The Balaban J connectivity index is 1.60. The normalized spacial score (nSPS) is 32.5. The Morgan fingerprint density at radius 3 is 1.64 bits per heavy atom. The molecule has 240 valence electrons. The minimum atomic E-state index is -1.91. The Morgan fingerprint density at radius 1 is 0.659 bits per heavy atom. The Bertz CT molecular complexity index is 1490. The smallest absolute Gasteiger partial charge is 0.229 e. The summed E-state index contributed by atoms with van der Waals surface area (Å²) in [5, 5.41) is 111. The predicted octanol–water partition coefficient (Wildman–Crippen LogP) is -3.07. The molecule has 11 N–H and O–H groups in total. The van der Waals surface area contributed by atoms with Crippen molar-refractivity contribution in [2.24, 2.45) is 0 Å². The molecule has 5 rings (SSSR count). The molecule has 0 radical (unpaired) electrons. The summed E-state index contributed by atoms with van der Waals surface area (Å²) < 4.78 is 27.5. The minimum Gasteiger partial charge on any atom is -0.508 e. The summed E-state index contributed by atoms with van der Waals surface area (Å²) in [6, 6.07) is 5.07. The van der Waals surface area contributed by atoms with E-state index in [1.54, 1.807) is 0 Å². The minimum absolute atomic E-state index is 0.0937. The average molecular weight is 627 g/mol. The van der Waals surface area contributed by atoms with Crippen molar-refractivity contribution in [3.8, 4) is 40.1 Å². The van der Waals surface area contributed by atoms with Gasteiger partial charge in [-0.3, -0.25) is 4.79 Å². The van der Waals surface area contributed by atoms with E-state index in [2.05, 4.69) is 0 Å². The quantitative estimate of drug-likeness (QED) is 0.124. The zero-order valence-corrected chi connectivity index (χ0v) is 22.4. The molecule has 0 unspecified atom stereocenters. The second kappa shape index (κ2) is 12.3. The van der Waals surface area contributed by atoms with Gasteiger partial charge in [0, 0.05) is 23.8 Å². The molecule has 0 bridgehead atoms. The maximum atomic E-state index is 12.9. The van der Waals surface area contributed by atoms with Crippen LogP contribution < -0.4 is 14.9 Å². The number of aliphatic hydroxyl groups excluding tert-OH is 8. The molecule has 2 aliphatic rings. The fourth-order valence-electron chi connectivity index (χ4n) is 4.88. The molecule has 1 aromatic heterocycles. The highest BCUT2D eigenvalue weighted by molar-refractivity contribution is 5.86. The van der Waals surface area contributed by atoms with Crippen LogP contribution in [0, 0.1) is 0 Å². The van der Waals surface area contributed by atoms with Gasteiger partial charge in [-0.2, -0.15) is 0 Å². The summed E-state index contributed by atoms with van der Waals surface area (Å²) in [6.45, 7) is -1.57. The van der Waals surface area contributed by atoms with Crippen LogP contribution in [0.25, 0.3) is 22.3 Å². The SMILES string of the molecule is O=c1cc(-c2cc(O[C@@H]3O[C@H](CO)[C@@H](O)[C@H](O)[C@H]3O)c(O)c(O[C@@H]3O[C@H](CO)[C@@H](O)[C@H](O)[C@H]3O)c2)oc2cc(O)cc(O)c12. The lowest BCUT2D eigenvalue weighted by atomic mass is 9.99. The molecule has 0 spiro atoms. The second-order valence-corrected chi connectivity index (χ2v) is 10.3. The Hall–Kier alpha value is -3.75. The van der Waals surface area contributed by atoms with Gasteiger partial charge in [-0.05, 0) is 12.1 Å². The summed E-state index contributed by atoms with van der Waals surface area (Å²) in [5.41, 5.74) is -1.09. The first kappa shape index (κ1) is 31.7. The van der Waals surface area contributed by atoms with E-state index in [1.165, 1.54) is 0 Å². The summed E-state index contributed by atoms with van der Waals surface area (Å²) >= 11 is 0. The summed E-state index contributed by atoms with van der Waals surface area (Å²) in [7, 11) is 0. The van der Waals surface area contributed by atoms with Gasteiger partial charge in [0.15, 0.2) is 16.9 Å². The number of aliphatic hydroxyl groups is 8. The van der Waals surface area contributed by atoms with Gasteiger partial charge in [0.25, 0.3) is 0 Å². The highest BCUT2D eigenvalue weighted by atomic mass is 16.7. The molecule has 3 aromatic rings. The van der Waals surface area contributed by atoms with Gasteiger partial charge in [-0.1, -0.05) is 0 Å². The zero-order chi connectivity index (χ0) is 32.0. The van der Waals surface area contributed by atoms with Gasteiger partial charge < -0.3 is 79.5 Å². The molecule has 3 heterocycles. The van der Waals surface area contributed by atoms with E-state index in [0.717, 1.165) is 30.3 Å². The molecule has 0 saturated carbocycles. The monoisotopic (exact) mass is 626 g/mol. The number of hydrogen-bond acceptors (Lipinski definition) is 17. The number of benzene rings is 2. The molecule has 0 aliphatic carbocycles. The van der Waals surface area contributed by atoms with Crippen LogP contribution in [0.4, 0.5) is 0 Å². The number of fused-ring (bicyclic) bond motifs is 1. The largest absolute Gasteiger partial charge is 0.508 e. The van der Waals surface area contributed by atoms with Crippen molar-refractivity contribution in [2.75, 3.05) is 13.2 Å². The molecule has 17 nitrogen and oxygen atoms in total. The van der Waals surface area contributed by atoms with Crippen molar-refractivity contribution in [1.82, 2.24) is 0 Å². The Morgan fingerprint density at radius 2 is 1.16 bits per heavy atom. The predicted molar refractivity (Wildman–Crippen MR) is 142 cm³/mol. The van der Waals surface area contributed by atoms with Crippen molar-refractivity contribution in [3.63, 3.8) is 0 Å². The second-order valence-electron chi connectivity index (χ2n) is 10.3. The molecule has 0 amide bonds. The van der Waals surface area contributed by atoms with Crippen molar-refractivity contribution < 1.29 is 79.5 Å². The first-order valence-corrected chi connectivity index (χ1v) is 13.2. The molecule has 10 atom stereocenters. The van der Waals surface area contributed by atoms with E-state index in [1.807, 2.05) is 0 Å². The lowest BCUT2D eigenvalue weighted by Crippen LogP contribution is -2.60. The molecule has 2 fully saturated rings. The maximum absolute atomic E-state index is 12.9. The van der Waals surface area contributed by atoms with E-state index < -0.39 is 109 Å². The van der Waals surface area contributed by atoms with Crippen LogP contribution in [-0.4, -0.2) is 131 Å². The molecule has 2 aliphatic heterocycles. The van der Waals surface area contributed by atoms with Crippen LogP contribution in [0.15, 0.2) is 39.5 Å². The van der Waals surface area contributed by atoms with Crippen LogP contribution in [0.5, 0.6) is 28.7 Å². The fourth-order valence-corrected chi connectivity index (χ4v) is 4.88. The zero-order valence-electron chi connectivity index (χ0n) is 22.4. The highest BCUT2D eigenvalue weighted by Gasteiger charge is 2.46. The average Bonchev–Trinajstić information content (AvgIpc) is 2.98. The van der Waals surface area contributed by atoms with Crippen LogP contribution in [-0.2, 0) is 9.47 Å². The number of phenolic OH excluding ortho intramolecular Hbond substituents is 3. The summed E-state index contributed by atoms with van der Waals surface area (Å²) in [4.78, 5) is 12.9. The third kappa shape index (κ3) is 5.73. The van der Waals surface area contributed by atoms with Gasteiger partial charge in [-0.15, -0.1) is 0 Å². The first-order chi connectivity index (χ1) is 20.8. The van der Waals surface area contributed by atoms with Gasteiger partial charge in [-0.25, -0.2) is 0 Å². The Kier molecular flexibility index (Phi) is 8.87.